The predicted octanol–water partition coefficient (Wildman–Crippen LogP) is 4.03. The van der Waals surface area contributed by atoms with Crippen LogP contribution in [0.2, 0.25) is 0 Å². The van der Waals surface area contributed by atoms with Gasteiger partial charge in [0.15, 0.2) is 5.70 Å². The van der Waals surface area contributed by atoms with Crippen LogP contribution in [0.4, 0.5) is 52.7 Å². The van der Waals surface area contributed by atoms with E-state index in [4.69, 9.17) is 0 Å². The zero-order valence-electron chi connectivity index (χ0n) is 17.3. The van der Waals surface area contributed by atoms with Gasteiger partial charge in [-0.3, -0.25) is 5.01 Å². The van der Waals surface area contributed by atoms with Crippen molar-refractivity contribution in [2.75, 3.05) is 14.2 Å². The van der Waals surface area contributed by atoms with Gasteiger partial charge in [0.25, 0.3) is 5.54 Å². The van der Waals surface area contributed by atoms with Crippen LogP contribution in [0.1, 0.15) is 20.3 Å². The summed E-state index contributed by atoms with van der Waals surface area (Å²) in [5.41, 5.74) is -20.0. The van der Waals surface area contributed by atoms with Crippen molar-refractivity contribution in [2.45, 2.75) is 61.6 Å². The second-order valence-corrected chi connectivity index (χ2v) is 7.88. The number of alkyl halides is 12. The Morgan fingerprint density at radius 1 is 0.735 bits per heavy atom. The molecule has 1 fully saturated rings. The van der Waals surface area contributed by atoms with E-state index in [-0.39, 0.29) is 28.1 Å². The SMILES string of the molecule is COC(=O)C1=C(C(=O)OC)C(C(F)(F)F)(C(F)(F)F)N2N1C(C(F)(F)F)(C(F)(F)F)CC2(C)C. The first-order valence-electron chi connectivity index (χ1n) is 8.70. The molecule has 18 heteroatoms. The zero-order chi connectivity index (χ0) is 27.1. The predicted molar refractivity (Wildman–Crippen MR) is 83.1 cm³/mol. The molecule has 0 unspecified atom stereocenters. The Morgan fingerprint density at radius 3 is 1.41 bits per heavy atom. The van der Waals surface area contributed by atoms with Crippen molar-refractivity contribution in [3.63, 3.8) is 0 Å². The Balaban J connectivity index is 3.34. The van der Waals surface area contributed by atoms with E-state index in [9.17, 15) is 62.3 Å². The molecule has 2 aliphatic heterocycles. The Labute approximate surface area is 182 Å². The number of ether oxygens (including phenoxy) is 2. The topological polar surface area (TPSA) is 59.1 Å². The minimum absolute atomic E-state index is 0.215. The maximum absolute atomic E-state index is 14.3. The number of methoxy groups -OCH3 is 2. The summed E-state index contributed by atoms with van der Waals surface area (Å²) in [6, 6.07) is 0. The van der Waals surface area contributed by atoms with Gasteiger partial charge >= 0.3 is 36.6 Å². The van der Waals surface area contributed by atoms with Gasteiger partial charge in [0.2, 0.25) is 5.54 Å². The van der Waals surface area contributed by atoms with Crippen molar-refractivity contribution in [1.29, 1.82) is 0 Å². The number of carbonyl (C=O) groups excluding carboxylic acids is 2. The smallest absolute Gasteiger partial charge is 0.422 e. The van der Waals surface area contributed by atoms with Gasteiger partial charge in [0.05, 0.1) is 14.2 Å². The molecular weight excluding hydrogens is 512 g/mol. The highest BCUT2D eigenvalue weighted by Crippen LogP contribution is 2.68. The molecule has 1 saturated heterocycles. The third-order valence-electron chi connectivity index (χ3n) is 5.48. The lowest BCUT2D eigenvalue weighted by Crippen LogP contribution is -2.73. The molecule has 0 radical (unpaired) electrons. The van der Waals surface area contributed by atoms with Crippen LogP contribution in [0, 0.1) is 0 Å². The molecule has 0 bridgehead atoms. The molecule has 0 saturated carbocycles. The Kier molecular flexibility index (Phi) is 5.98. The third kappa shape index (κ3) is 3.16. The van der Waals surface area contributed by atoms with Gasteiger partial charge in [-0.05, 0) is 13.8 Å². The first-order chi connectivity index (χ1) is 14.9. The van der Waals surface area contributed by atoms with Crippen LogP contribution >= 0.6 is 0 Å². The van der Waals surface area contributed by atoms with E-state index in [2.05, 4.69) is 9.47 Å². The van der Waals surface area contributed by atoms with E-state index in [0.29, 0.717) is 0 Å². The van der Waals surface area contributed by atoms with Crippen LogP contribution in [0.5, 0.6) is 0 Å². The molecule has 0 aromatic heterocycles. The third-order valence-corrected chi connectivity index (χ3v) is 5.48. The highest BCUT2D eigenvalue weighted by molar-refractivity contribution is 6.03. The molecule has 0 atom stereocenters. The Hall–Kier alpha value is -2.40. The van der Waals surface area contributed by atoms with Crippen molar-refractivity contribution in [3.8, 4) is 0 Å². The molecule has 2 aliphatic rings. The van der Waals surface area contributed by atoms with Crippen LogP contribution in [-0.2, 0) is 19.1 Å². The summed E-state index contributed by atoms with van der Waals surface area (Å²) in [5.74, 6) is -5.16. The zero-order valence-corrected chi connectivity index (χ0v) is 17.3. The van der Waals surface area contributed by atoms with E-state index in [0.717, 1.165) is 0 Å². The lowest BCUT2D eigenvalue weighted by atomic mass is 9.79. The fourth-order valence-electron chi connectivity index (χ4n) is 4.41. The highest BCUT2D eigenvalue weighted by Gasteiger charge is 2.91. The minimum Gasteiger partial charge on any atom is -0.466 e. The van der Waals surface area contributed by atoms with Gasteiger partial charge < -0.3 is 9.47 Å². The standard InChI is InChI=1S/C16H14F12N2O4/c1-10(2)5-11(13(17,18)19,14(20,21)22)29-7(9(32)34-4)6(8(31)33-3)12(30(10)29,15(23,24)25)16(26,27)28/h5H2,1-4H3. The van der Waals surface area contributed by atoms with E-state index in [1.807, 2.05) is 0 Å². The minimum atomic E-state index is -6.80. The number of nitrogens with zero attached hydrogens (tertiary/aromatic N) is 2. The summed E-state index contributed by atoms with van der Waals surface area (Å²) in [4.78, 5) is 24.5. The summed E-state index contributed by atoms with van der Waals surface area (Å²) in [6.07, 6.45) is -29.2. The number of carbonyl (C=O) groups is 2. The van der Waals surface area contributed by atoms with Gasteiger partial charge in [-0.25, -0.2) is 9.59 Å². The van der Waals surface area contributed by atoms with E-state index in [1.165, 1.54) is 0 Å². The average molecular weight is 526 g/mol. The number of hydrogen-bond acceptors (Lipinski definition) is 6. The van der Waals surface area contributed by atoms with Gasteiger partial charge in [-0.15, -0.1) is 0 Å². The van der Waals surface area contributed by atoms with E-state index >= 15 is 0 Å². The second-order valence-electron chi connectivity index (χ2n) is 7.88. The molecule has 6 nitrogen and oxygen atoms in total. The lowest BCUT2D eigenvalue weighted by Gasteiger charge is -2.48. The summed E-state index contributed by atoms with van der Waals surface area (Å²) in [5, 5.41) is -2.83. The number of halogens is 12. The molecule has 34 heavy (non-hydrogen) atoms. The number of hydrazine groups is 1. The van der Waals surface area contributed by atoms with Crippen molar-refractivity contribution in [2.24, 2.45) is 0 Å². The van der Waals surface area contributed by atoms with Crippen molar-refractivity contribution >= 4 is 11.9 Å². The second kappa shape index (κ2) is 7.30. The summed E-state index contributed by atoms with van der Waals surface area (Å²) < 4.78 is 178. The first kappa shape index (κ1) is 27.8. The van der Waals surface area contributed by atoms with Gasteiger partial charge in [0, 0.05) is 12.0 Å². The molecular formula is C16H14F12N2O4. The molecule has 0 aromatic rings. The first-order valence-corrected chi connectivity index (χ1v) is 8.70. The highest BCUT2D eigenvalue weighted by atomic mass is 19.4. The van der Waals surface area contributed by atoms with E-state index in [1.54, 1.807) is 0 Å². The number of hydrogen-bond donors (Lipinski definition) is 0. The Bertz CT molecular complexity index is 885. The largest absolute Gasteiger partial charge is 0.466 e. The number of rotatable bonds is 2. The van der Waals surface area contributed by atoms with Crippen LogP contribution in [0.25, 0.3) is 0 Å². The summed E-state index contributed by atoms with van der Waals surface area (Å²) in [6.45, 7) is 0.473. The van der Waals surface area contributed by atoms with Crippen LogP contribution in [-0.4, -0.2) is 77.5 Å². The normalized spacial score (nSPS) is 22.6. The van der Waals surface area contributed by atoms with Crippen molar-refractivity contribution in [3.05, 3.63) is 11.3 Å². The van der Waals surface area contributed by atoms with Crippen LogP contribution < -0.4 is 0 Å². The van der Waals surface area contributed by atoms with Crippen molar-refractivity contribution < 1.29 is 71.7 Å². The molecule has 2 rings (SSSR count). The van der Waals surface area contributed by atoms with Crippen molar-refractivity contribution in [1.82, 2.24) is 10.0 Å². The molecule has 0 aromatic carbocycles. The average Bonchev–Trinajstić information content (AvgIpc) is 3.08. The quantitative estimate of drug-likeness (QED) is 0.400. The molecule has 2 heterocycles. The van der Waals surface area contributed by atoms with Gasteiger partial charge in [-0.1, -0.05) is 0 Å². The lowest BCUT2D eigenvalue weighted by molar-refractivity contribution is -0.381. The van der Waals surface area contributed by atoms with Gasteiger partial charge in [0.1, 0.15) is 5.57 Å². The number of fused-ring (bicyclic) bond motifs is 1. The molecule has 0 aliphatic carbocycles. The molecule has 0 N–H and O–H groups in total. The maximum atomic E-state index is 14.3. The molecule has 196 valence electrons. The number of esters is 2. The Morgan fingerprint density at radius 2 is 1.12 bits per heavy atom. The van der Waals surface area contributed by atoms with Gasteiger partial charge in [-0.2, -0.15) is 57.7 Å². The molecule has 0 amide bonds. The van der Waals surface area contributed by atoms with Crippen LogP contribution in [0.15, 0.2) is 11.3 Å². The summed E-state index contributed by atoms with van der Waals surface area (Å²) >= 11 is 0. The fraction of sp³-hybridized carbons (Fsp3) is 0.750. The van der Waals surface area contributed by atoms with E-state index < -0.39 is 81.0 Å². The van der Waals surface area contributed by atoms with Crippen LogP contribution in [0.3, 0.4) is 0 Å². The molecule has 0 spiro atoms. The summed E-state index contributed by atoms with van der Waals surface area (Å²) in [7, 11) is 0.478. The monoisotopic (exact) mass is 526 g/mol. The maximum Gasteiger partial charge on any atom is 0.422 e. The fourth-order valence-corrected chi connectivity index (χ4v) is 4.41.